The zero-order chi connectivity index (χ0) is 14.1. The Morgan fingerprint density at radius 3 is 2.84 bits per heavy atom. The number of urea groups is 1. The fraction of sp³-hybridized carbons (Fsp3) is 0.583. The van der Waals surface area contributed by atoms with Crippen LogP contribution in [0.5, 0.6) is 0 Å². The predicted molar refractivity (Wildman–Crippen MR) is 69.7 cm³/mol. The first kappa shape index (κ1) is 15.0. The Kier molecular flexibility index (Phi) is 6.42. The number of hydrogen-bond donors (Lipinski definition) is 3. The number of nitrogens with one attached hydrogen (secondary N) is 2. The van der Waals surface area contributed by atoms with Crippen LogP contribution in [0.1, 0.15) is 19.8 Å². The number of amides is 2. The molecule has 0 saturated carbocycles. The highest BCUT2D eigenvalue weighted by Gasteiger charge is 2.06. The summed E-state index contributed by atoms with van der Waals surface area (Å²) >= 11 is 0. The first-order valence-corrected chi connectivity index (χ1v) is 6.29. The summed E-state index contributed by atoms with van der Waals surface area (Å²) in [6.45, 7) is 3.68. The monoisotopic (exact) mass is 268 g/mol. The Labute approximate surface area is 112 Å². The van der Waals surface area contributed by atoms with Crippen LogP contribution in [0.4, 0.5) is 4.79 Å². The van der Waals surface area contributed by atoms with Crippen molar-refractivity contribution in [3.63, 3.8) is 0 Å². The minimum absolute atomic E-state index is 0.0655. The zero-order valence-electron chi connectivity index (χ0n) is 11.0. The van der Waals surface area contributed by atoms with Crippen LogP contribution in [0.3, 0.4) is 0 Å². The van der Waals surface area contributed by atoms with E-state index in [9.17, 15) is 9.59 Å². The molecule has 7 heteroatoms. The molecule has 0 fully saturated rings. The third-order valence-corrected chi connectivity index (χ3v) is 2.52. The van der Waals surface area contributed by atoms with Crippen molar-refractivity contribution < 1.29 is 14.7 Å². The molecule has 0 aromatic carbocycles. The molecule has 19 heavy (non-hydrogen) atoms. The van der Waals surface area contributed by atoms with E-state index < -0.39 is 5.97 Å². The first-order chi connectivity index (χ1) is 9.08. The lowest BCUT2D eigenvalue weighted by molar-refractivity contribution is -0.137. The number of rotatable bonds is 8. The van der Waals surface area contributed by atoms with Gasteiger partial charge >= 0.3 is 12.0 Å². The van der Waals surface area contributed by atoms with Crippen LogP contribution in [0.2, 0.25) is 0 Å². The van der Waals surface area contributed by atoms with Gasteiger partial charge in [-0.15, -0.1) is 0 Å². The topological polar surface area (TPSA) is 96.3 Å². The molecule has 0 aliphatic carbocycles. The maximum absolute atomic E-state index is 11.4. The van der Waals surface area contributed by atoms with E-state index in [1.54, 1.807) is 6.20 Å². The van der Waals surface area contributed by atoms with Gasteiger partial charge in [0.05, 0.1) is 0 Å². The molecular formula is C12H20N4O3. The normalized spacial score (nSPS) is 11.8. The van der Waals surface area contributed by atoms with Crippen molar-refractivity contribution >= 4 is 12.0 Å². The number of carbonyl (C=O) groups excluding carboxylic acids is 1. The Morgan fingerprint density at radius 1 is 1.42 bits per heavy atom. The van der Waals surface area contributed by atoms with Crippen molar-refractivity contribution in [1.82, 2.24) is 20.4 Å². The Morgan fingerprint density at radius 2 is 2.21 bits per heavy atom. The summed E-state index contributed by atoms with van der Waals surface area (Å²) in [4.78, 5) is 21.7. The molecule has 1 aromatic heterocycles. The van der Waals surface area contributed by atoms with Crippen LogP contribution in [0.25, 0.3) is 0 Å². The van der Waals surface area contributed by atoms with Gasteiger partial charge in [-0.2, -0.15) is 5.10 Å². The molecule has 1 atom stereocenters. The maximum Gasteiger partial charge on any atom is 0.314 e. The molecule has 1 aromatic rings. The van der Waals surface area contributed by atoms with Crippen molar-refractivity contribution in [1.29, 1.82) is 0 Å². The van der Waals surface area contributed by atoms with Gasteiger partial charge in [0.15, 0.2) is 0 Å². The van der Waals surface area contributed by atoms with E-state index in [0.717, 1.165) is 6.54 Å². The molecule has 1 unspecified atom stereocenters. The fourth-order valence-corrected chi connectivity index (χ4v) is 1.56. The van der Waals surface area contributed by atoms with Crippen molar-refractivity contribution in [3.05, 3.63) is 18.5 Å². The lowest BCUT2D eigenvalue weighted by atomic mass is 10.2. The first-order valence-electron chi connectivity index (χ1n) is 6.29. The van der Waals surface area contributed by atoms with E-state index >= 15 is 0 Å². The highest BCUT2D eigenvalue weighted by atomic mass is 16.4. The SMILES string of the molecule is CC(CNC(=O)NCCCC(=O)O)Cn1cccn1. The summed E-state index contributed by atoms with van der Waals surface area (Å²) < 4.78 is 1.82. The van der Waals surface area contributed by atoms with Crippen LogP contribution in [0.15, 0.2) is 18.5 Å². The standard InChI is InChI=1S/C12H20N4O3/c1-10(9-16-7-3-6-15-16)8-14-12(19)13-5-2-4-11(17)18/h3,6-7,10H,2,4-5,8-9H2,1H3,(H,17,18)(H2,13,14,19). The van der Waals surface area contributed by atoms with E-state index in [0.29, 0.717) is 19.5 Å². The summed E-state index contributed by atoms with van der Waals surface area (Å²) in [5.74, 6) is -0.584. The molecule has 7 nitrogen and oxygen atoms in total. The van der Waals surface area contributed by atoms with E-state index in [1.165, 1.54) is 0 Å². The van der Waals surface area contributed by atoms with Crippen molar-refractivity contribution in [2.45, 2.75) is 26.3 Å². The molecule has 0 spiro atoms. The number of aromatic nitrogens is 2. The second-order valence-electron chi connectivity index (χ2n) is 4.47. The molecular weight excluding hydrogens is 248 g/mol. The van der Waals surface area contributed by atoms with Crippen LogP contribution >= 0.6 is 0 Å². The molecule has 1 rings (SSSR count). The van der Waals surface area contributed by atoms with E-state index in [-0.39, 0.29) is 18.4 Å². The van der Waals surface area contributed by atoms with Crippen molar-refractivity contribution in [2.24, 2.45) is 5.92 Å². The quantitative estimate of drug-likeness (QED) is 0.604. The van der Waals surface area contributed by atoms with Crippen LogP contribution in [-0.4, -0.2) is 40.0 Å². The van der Waals surface area contributed by atoms with Crippen LogP contribution < -0.4 is 10.6 Å². The molecule has 0 aliphatic rings. The highest BCUT2D eigenvalue weighted by Crippen LogP contribution is 1.97. The number of carboxylic acid groups (broad SMARTS) is 1. The molecule has 0 saturated heterocycles. The largest absolute Gasteiger partial charge is 0.481 e. The number of carboxylic acids is 1. The average molecular weight is 268 g/mol. The summed E-state index contributed by atoms with van der Waals surface area (Å²) in [5.41, 5.74) is 0. The molecule has 0 radical (unpaired) electrons. The highest BCUT2D eigenvalue weighted by molar-refractivity contribution is 5.73. The molecule has 106 valence electrons. The second-order valence-corrected chi connectivity index (χ2v) is 4.47. The lowest BCUT2D eigenvalue weighted by Crippen LogP contribution is -2.39. The van der Waals surface area contributed by atoms with Crippen molar-refractivity contribution in [3.8, 4) is 0 Å². The van der Waals surface area contributed by atoms with Gasteiger partial charge in [0.1, 0.15) is 0 Å². The van der Waals surface area contributed by atoms with Gasteiger partial charge in [-0.3, -0.25) is 9.48 Å². The summed E-state index contributed by atoms with van der Waals surface area (Å²) in [6, 6.07) is 1.59. The third kappa shape index (κ3) is 7.07. The summed E-state index contributed by atoms with van der Waals surface area (Å²) in [7, 11) is 0. The number of nitrogens with zero attached hydrogens (tertiary/aromatic N) is 2. The number of hydrogen-bond acceptors (Lipinski definition) is 3. The molecule has 3 N–H and O–H groups in total. The predicted octanol–water partition coefficient (Wildman–Crippen LogP) is 0.683. The zero-order valence-corrected chi connectivity index (χ0v) is 11.0. The van der Waals surface area contributed by atoms with Crippen LogP contribution in [0, 0.1) is 5.92 Å². The van der Waals surface area contributed by atoms with Crippen LogP contribution in [-0.2, 0) is 11.3 Å². The lowest BCUT2D eigenvalue weighted by Gasteiger charge is -2.13. The van der Waals surface area contributed by atoms with E-state index in [1.807, 2.05) is 23.9 Å². The van der Waals surface area contributed by atoms with Gasteiger partial charge in [0, 0.05) is 38.4 Å². The minimum atomic E-state index is -0.852. The average Bonchev–Trinajstić information content (AvgIpc) is 2.84. The van der Waals surface area contributed by atoms with Gasteiger partial charge in [0.25, 0.3) is 0 Å². The van der Waals surface area contributed by atoms with Gasteiger partial charge in [-0.1, -0.05) is 6.92 Å². The third-order valence-electron chi connectivity index (χ3n) is 2.52. The summed E-state index contributed by atoms with van der Waals surface area (Å²) in [6.07, 6.45) is 4.10. The Hall–Kier alpha value is -2.05. The molecule has 2 amide bonds. The molecule has 0 bridgehead atoms. The van der Waals surface area contributed by atoms with Gasteiger partial charge in [0.2, 0.25) is 0 Å². The number of aliphatic carboxylic acids is 1. The Balaban J connectivity index is 2.07. The number of carbonyl (C=O) groups is 2. The minimum Gasteiger partial charge on any atom is -0.481 e. The smallest absolute Gasteiger partial charge is 0.314 e. The molecule has 1 heterocycles. The van der Waals surface area contributed by atoms with Crippen molar-refractivity contribution in [2.75, 3.05) is 13.1 Å². The van der Waals surface area contributed by atoms with Gasteiger partial charge in [-0.25, -0.2) is 4.79 Å². The second kappa shape index (κ2) is 8.12. The van der Waals surface area contributed by atoms with Gasteiger partial charge < -0.3 is 15.7 Å². The summed E-state index contributed by atoms with van der Waals surface area (Å²) in [5, 5.41) is 17.9. The van der Waals surface area contributed by atoms with Gasteiger partial charge in [-0.05, 0) is 18.4 Å². The maximum atomic E-state index is 11.4. The Bertz CT molecular complexity index is 392. The molecule has 0 aliphatic heterocycles. The van der Waals surface area contributed by atoms with E-state index in [4.69, 9.17) is 5.11 Å². The fourth-order valence-electron chi connectivity index (χ4n) is 1.56. The van der Waals surface area contributed by atoms with E-state index in [2.05, 4.69) is 15.7 Å².